The van der Waals surface area contributed by atoms with E-state index in [0.717, 1.165) is 15.6 Å². The van der Waals surface area contributed by atoms with Gasteiger partial charge in [0.1, 0.15) is 23.2 Å². The van der Waals surface area contributed by atoms with Gasteiger partial charge in [-0.05, 0) is 31.2 Å². The second-order valence-electron chi connectivity index (χ2n) is 3.52. The Balaban J connectivity index is 1.99. The molecule has 1 aromatic heterocycles. The Labute approximate surface area is 109 Å². The van der Waals surface area contributed by atoms with Crippen LogP contribution in [0.15, 0.2) is 24.3 Å². The van der Waals surface area contributed by atoms with E-state index in [1.54, 1.807) is 23.5 Å². The Hall–Kier alpha value is -1.07. The van der Waals surface area contributed by atoms with E-state index in [0.29, 0.717) is 18.1 Å². The molecule has 90 valence electrons. The summed E-state index contributed by atoms with van der Waals surface area (Å²) in [7, 11) is 0. The van der Waals surface area contributed by atoms with Gasteiger partial charge in [0.2, 0.25) is 0 Å². The summed E-state index contributed by atoms with van der Waals surface area (Å²) < 4.78 is 18.2. The van der Waals surface area contributed by atoms with E-state index in [1.165, 1.54) is 12.1 Å². The molecule has 0 aliphatic heterocycles. The molecule has 0 aliphatic carbocycles. The second kappa shape index (κ2) is 5.51. The van der Waals surface area contributed by atoms with Crippen molar-refractivity contribution in [3.8, 4) is 5.75 Å². The van der Waals surface area contributed by atoms with Crippen molar-refractivity contribution in [2.75, 3.05) is 0 Å². The highest BCUT2D eigenvalue weighted by Gasteiger charge is 2.06. The topological polar surface area (TPSA) is 22.1 Å². The van der Waals surface area contributed by atoms with Crippen LogP contribution in [0.1, 0.15) is 15.6 Å². The molecular weight excluding hydrogens is 257 g/mol. The number of aryl methyl sites for hydroxylation is 1. The van der Waals surface area contributed by atoms with Crippen molar-refractivity contribution in [1.29, 1.82) is 0 Å². The van der Waals surface area contributed by atoms with E-state index in [9.17, 15) is 4.39 Å². The molecule has 2 aromatic rings. The minimum atomic E-state index is -0.264. The molecule has 2 nitrogen and oxygen atoms in total. The van der Waals surface area contributed by atoms with Crippen LogP contribution in [0.3, 0.4) is 0 Å². The van der Waals surface area contributed by atoms with Gasteiger partial charge < -0.3 is 4.74 Å². The molecule has 0 atom stereocenters. The van der Waals surface area contributed by atoms with Crippen LogP contribution in [0, 0.1) is 12.7 Å². The third-order valence-corrected chi connectivity index (χ3v) is 3.92. The zero-order chi connectivity index (χ0) is 12.3. The first kappa shape index (κ1) is 12.4. The quantitative estimate of drug-likeness (QED) is 0.857. The fourth-order valence-corrected chi connectivity index (χ4v) is 2.64. The third kappa shape index (κ3) is 3.20. The number of rotatable bonds is 4. The number of ether oxygens (including phenoxy) is 1. The lowest BCUT2D eigenvalue weighted by Crippen LogP contribution is -1.94. The van der Waals surface area contributed by atoms with Gasteiger partial charge >= 0.3 is 0 Å². The van der Waals surface area contributed by atoms with Crippen LogP contribution in [0.5, 0.6) is 5.75 Å². The van der Waals surface area contributed by atoms with E-state index >= 15 is 0 Å². The number of halogens is 1. The molecule has 0 bridgehead atoms. The van der Waals surface area contributed by atoms with E-state index in [4.69, 9.17) is 4.74 Å². The Morgan fingerprint density at radius 2 is 2.06 bits per heavy atom. The highest BCUT2D eigenvalue weighted by Crippen LogP contribution is 2.21. The first-order valence-electron chi connectivity index (χ1n) is 5.13. The number of aromatic nitrogens is 1. The summed E-state index contributed by atoms with van der Waals surface area (Å²) in [4.78, 5) is 5.54. The fraction of sp³-hybridized carbons (Fsp3) is 0.250. The summed E-state index contributed by atoms with van der Waals surface area (Å²) in [6, 6.07) is 5.97. The molecule has 0 radical (unpaired) electrons. The van der Waals surface area contributed by atoms with Crippen LogP contribution >= 0.6 is 24.0 Å². The Morgan fingerprint density at radius 1 is 1.35 bits per heavy atom. The second-order valence-corrected chi connectivity index (χ2v) is 5.00. The van der Waals surface area contributed by atoms with Crippen LogP contribution in [-0.2, 0) is 12.4 Å². The van der Waals surface area contributed by atoms with Gasteiger partial charge in [0, 0.05) is 10.6 Å². The zero-order valence-corrected chi connectivity index (χ0v) is 11.0. The first-order chi connectivity index (χ1) is 8.19. The van der Waals surface area contributed by atoms with Crippen LogP contribution in [0.25, 0.3) is 0 Å². The Morgan fingerprint density at radius 3 is 2.65 bits per heavy atom. The lowest BCUT2D eigenvalue weighted by Gasteiger charge is -2.02. The molecule has 1 aromatic carbocycles. The van der Waals surface area contributed by atoms with Crippen molar-refractivity contribution >= 4 is 24.0 Å². The smallest absolute Gasteiger partial charge is 0.140 e. The highest BCUT2D eigenvalue weighted by atomic mass is 32.1. The normalized spacial score (nSPS) is 10.5. The molecule has 0 unspecified atom stereocenters. The van der Waals surface area contributed by atoms with E-state index < -0.39 is 0 Å². The monoisotopic (exact) mass is 269 g/mol. The molecule has 0 amide bonds. The van der Waals surface area contributed by atoms with Gasteiger partial charge in [-0.3, -0.25) is 0 Å². The molecule has 0 saturated carbocycles. The minimum Gasteiger partial charge on any atom is -0.486 e. The standard InChI is InChI=1S/C12H12FNOS2/c1-8-11(7-16)17-12(14-8)6-15-10-4-2-9(13)3-5-10/h2-5,16H,6-7H2,1H3. The lowest BCUT2D eigenvalue weighted by atomic mass is 10.3. The SMILES string of the molecule is Cc1nc(COc2ccc(F)cc2)sc1CS. The van der Waals surface area contributed by atoms with Gasteiger partial charge in [0.15, 0.2) is 0 Å². The summed E-state index contributed by atoms with van der Waals surface area (Å²) >= 11 is 5.83. The van der Waals surface area contributed by atoms with Crippen molar-refractivity contribution < 1.29 is 9.13 Å². The maximum Gasteiger partial charge on any atom is 0.140 e. The largest absolute Gasteiger partial charge is 0.486 e. The average Bonchev–Trinajstić information content (AvgIpc) is 2.69. The van der Waals surface area contributed by atoms with Crippen LogP contribution < -0.4 is 4.74 Å². The molecule has 1 heterocycles. The van der Waals surface area contributed by atoms with Gasteiger partial charge in [-0.2, -0.15) is 12.6 Å². The first-order valence-corrected chi connectivity index (χ1v) is 6.58. The van der Waals surface area contributed by atoms with Gasteiger partial charge in [-0.1, -0.05) is 0 Å². The molecule has 5 heteroatoms. The van der Waals surface area contributed by atoms with E-state index in [2.05, 4.69) is 17.6 Å². The van der Waals surface area contributed by atoms with Crippen molar-refractivity contribution in [3.05, 3.63) is 45.7 Å². The minimum absolute atomic E-state index is 0.264. The molecule has 0 aliphatic rings. The maximum absolute atomic E-state index is 12.7. The number of benzene rings is 1. The van der Waals surface area contributed by atoms with Crippen LogP contribution in [0.4, 0.5) is 4.39 Å². The molecule has 0 saturated heterocycles. The summed E-state index contributed by atoms with van der Waals surface area (Å²) in [5.41, 5.74) is 1.00. The molecule has 0 spiro atoms. The van der Waals surface area contributed by atoms with Gasteiger partial charge in [0.05, 0.1) is 5.69 Å². The number of thiol groups is 1. The number of nitrogens with zero attached hydrogens (tertiary/aromatic N) is 1. The molecule has 0 fully saturated rings. The van der Waals surface area contributed by atoms with E-state index in [-0.39, 0.29) is 5.82 Å². The third-order valence-electron chi connectivity index (χ3n) is 2.26. The predicted molar refractivity (Wildman–Crippen MR) is 70.3 cm³/mol. The van der Waals surface area contributed by atoms with E-state index in [1.807, 2.05) is 6.92 Å². The van der Waals surface area contributed by atoms with Crippen LogP contribution in [0.2, 0.25) is 0 Å². The maximum atomic E-state index is 12.7. The number of hydrogen-bond donors (Lipinski definition) is 1. The Bertz CT molecular complexity index is 496. The average molecular weight is 269 g/mol. The summed E-state index contributed by atoms with van der Waals surface area (Å²) in [6.07, 6.45) is 0. The molecule has 2 rings (SSSR count). The highest BCUT2D eigenvalue weighted by molar-refractivity contribution is 7.79. The molecule has 0 N–H and O–H groups in total. The summed E-state index contributed by atoms with van der Waals surface area (Å²) in [5.74, 6) is 1.08. The number of thiazole rings is 1. The zero-order valence-electron chi connectivity index (χ0n) is 9.31. The fourth-order valence-electron chi connectivity index (χ4n) is 1.37. The van der Waals surface area contributed by atoms with Crippen molar-refractivity contribution in [1.82, 2.24) is 4.98 Å². The summed E-state index contributed by atoms with van der Waals surface area (Å²) in [5, 5.41) is 0.913. The predicted octanol–water partition coefficient (Wildman–Crippen LogP) is 3.60. The van der Waals surface area contributed by atoms with Gasteiger partial charge in [0.25, 0.3) is 0 Å². The van der Waals surface area contributed by atoms with Crippen molar-refractivity contribution in [2.24, 2.45) is 0 Å². The van der Waals surface area contributed by atoms with Crippen LogP contribution in [-0.4, -0.2) is 4.98 Å². The molecular formula is C12H12FNOS2. The summed E-state index contributed by atoms with van der Waals surface area (Å²) in [6.45, 7) is 2.37. The van der Waals surface area contributed by atoms with Crippen molar-refractivity contribution in [2.45, 2.75) is 19.3 Å². The van der Waals surface area contributed by atoms with Crippen molar-refractivity contribution in [3.63, 3.8) is 0 Å². The lowest BCUT2D eigenvalue weighted by molar-refractivity contribution is 0.305. The molecule has 17 heavy (non-hydrogen) atoms. The number of hydrogen-bond acceptors (Lipinski definition) is 4. The van der Waals surface area contributed by atoms with Gasteiger partial charge in [-0.25, -0.2) is 9.37 Å². The Kier molecular flexibility index (Phi) is 4.02. The van der Waals surface area contributed by atoms with Gasteiger partial charge in [-0.15, -0.1) is 11.3 Å².